The van der Waals surface area contributed by atoms with Crippen molar-refractivity contribution in [1.82, 2.24) is 13.9 Å². The molecule has 8 nitrogen and oxygen atoms in total. The number of esters is 1. The molecule has 0 saturated carbocycles. The molecule has 1 saturated heterocycles. The average Bonchev–Trinajstić information content (AvgIpc) is 3.16. The Bertz CT molecular complexity index is 1210. The third kappa shape index (κ3) is 4.69. The number of sulfonamides is 1. The van der Waals surface area contributed by atoms with Crippen molar-refractivity contribution in [2.45, 2.75) is 38.3 Å². The van der Waals surface area contributed by atoms with Gasteiger partial charge in [0.2, 0.25) is 10.0 Å². The molecule has 170 valence electrons. The van der Waals surface area contributed by atoms with Crippen LogP contribution >= 0.6 is 0 Å². The van der Waals surface area contributed by atoms with Gasteiger partial charge in [0, 0.05) is 19.6 Å². The number of ether oxygens (including phenoxy) is 2. The molecular weight excluding hydrogens is 430 g/mol. The maximum Gasteiger partial charge on any atom is 0.310 e. The fourth-order valence-electron chi connectivity index (χ4n) is 3.79. The highest BCUT2D eigenvalue weighted by Crippen LogP contribution is 2.24. The molecule has 4 rings (SSSR count). The molecule has 2 aromatic carbocycles. The minimum Gasteiger partial charge on any atom is -0.457 e. The third-order valence-corrected chi connectivity index (χ3v) is 7.45. The third-order valence-electron chi connectivity index (χ3n) is 5.55. The Hall–Kier alpha value is -2.75. The number of rotatable bonds is 7. The van der Waals surface area contributed by atoms with E-state index in [1.54, 1.807) is 18.2 Å². The van der Waals surface area contributed by atoms with E-state index in [0.29, 0.717) is 44.2 Å². The highest BCUT2D eigenvalue weighted by Gasteiger charge is 2.27. The maximum absolute atomic E-state index is 13.0. The first-order chi connectivity index (χ1) is 15.4. The fourth-order valence-corrected chi connectivity index (χ4v) is 5.22. The van der Waals surface area contributed by atoms with Crippen LogP contribution in [0.5, 0.6) is 0 Å². The first-order valence-corrected chi connectivity index (χ1v) is 12.1. The van der Waals surface area contributed by atoms with Gasteiger partial charge >= 0.3 is 5.97 Å². The van der Waals surface area contributed by atoms with Crippen molar-refractivity contribution in [3.63, 3.8) is 0 Å². The number of imidazole rings is 1. The summed E-state index contributed by atoms with van der Waals surface area (Å²) in [6.45, 7) is 6.08. The topological polar surface area (TPSA) is 90.7 Å². The van der Waals surface area contributed by atoms with Crippen LogP contribution < -0.4 is 0 Å². The van der Waals surface area contributed by atoms with E-state index < -0.39 is 10.0 Å². The molecule has 0 spiro atoms. The summed E-state index contributed by atoms with van der Waals surface area (Å²) in [6.07, 6.45) is 0.189. The van der Waals surface area contributed by atoms with Crippen molar-refractivity contribution in [3.05, 3.63) is 59.4 Å². The molecule has 0 radical (unpaired) electrons. The summed E-state index contributed by atoms with van der Waals surface area (Å²) in [5.41, 5.74) is 3.39. The number of aryl methyl sites for hydroxylation is 2. The summed E-state index contributed by atoms with van der Waals surface area (Å²) in [6, 6.07) is 12.7. The van der Waals surface area contributed by atoms with E-state index in [-0.39, 0.29) is 23.9 Å². The standard InChI is InChI=1S/C23H27N3O5S/c1-3-26-21-9-8-19(32(28,29)25-10-12-30-13-11-25)15-20(21)24-22(26)16-31-23(27)14-18-6-4-17(2)5-7-18/h4-9,15H,3,10-14,16H2,1-2H3. The number of nitrogens with zero attached hydrogens (tertiary/aromatic N) is 3. The normalized spacial score (nSPS) is 15.2. The molecule has 2 heterocycles. The summed E-state index contributed by atoms with van der Waals surface area (Å²) >= 11 is 0. The number of carbonyl (C=O) groups excluding carboxylic acids is 1. The first kappa shape index (κ1) is 22.4. The average molecular weight is 458 g/mol. The van der Waals surface area contributed by atoms with E-state index in [9.17, 15) is 13.2 Å². The lowest BCUT2D eigenvalue weighted by Gasteiger charge is -2.26. The van der Waals surface area contributed by atoms with Gasteiger partial charge in [-0.2, -0.15) is 4.31 Å². The van der Waals surface area contributed by atoms with Gasteiger partial charge in [-0.1, -0.05) is 29.8 Å². The van der Waals surface area contributed by atoms with E-state index >= 15 is 0 Å². The molecular formula is C23H27N3O5S. The van der Waals surface area contributed by atoms with Crippen LogP contribution in [0.2, 0.25) is 0 Å². The molecule has 0 N–H and O–H groups in total. The van der Waals surface area contributed by atoms with Gasteiger partial charge in [-0.25, -0.2) is 13.4 Å². The number of hydrogen-bond donors (Lipinski definition) is 0. The van der Waals surface area contributed by atoms with Crippen LogP contribution in [0.4, 0.5) is 0 Å². The molecule has 1 aliphatic rings. The zero-order chi connectivity index (χ0) is 22.7. The quantitative estimate of drug-likeness (QED) is 0.507. The van der Waals surface area contributed by atoms with Gasteiger partial charge in [0.25, 0.3) is 0 Å². The van der Waals surface area contributed by atoms with Gasteiger partial charge in [0.05, 0.1) is 35.6 Å². The van der Waals surface area contributed by atoms with Crippen molar-refractivity contribution in [2.24, 2.45) is 0 Å². The lowest BCUT2D eigenvalue weighted by Crippen LogP contribution is -2.40. The lowest BCUT2D eigenvalue weighted by atomic mass is 10.1. The van der Waals surface area contributed by atoms with Gasteiger partial charge in [0.15, 0.2) is 0 Å². The van der Waals surface area contributed by atoms with Crippen LogP contribution in [-0.4, -0.2) is 54.5 Å². The van der Waals surface area contributed by atoms with Crippen LogP contribution in [0, 0.1) is 6.92 Å². The minimum absolute atomic E-state index is 0.0265. The van der Waals surface area contributed by atoms with Crippen LogP contribution in [-0.2, 0) is 43.9 Å². The van der Waals surface area contributed by atoms with E-state index in [2.05, 4.69) is 4.98 Å². The first-order valence-electron chi connectivity index (χ1n) is 10.7. The van der Waals surface area contributed by atoms with Gasteiger partial charge in [-0.05, 0) is 37.6 Å². The van der Waals surface area contributed by atoms with Crippen LogP contribution in [0.15, 0.2) is 47.4 Å². The van der Waals surface area contributed by atoms with Crippen LogP contribution in [0.1, 0.15) is 23.9 Å². The van der Waals surface area contributed by atoms with Crippen molar-refractivity contribution in [2.75, 3.05) is 26.3 Å². The molecule has 0 aliphatic carbocycles. The predicted molar refractivity (Wildman–Crippen MR) is 120 cm³/mol. The number of carbonyl (C=O) groups is 1. The van der Waals surface area contributed by atoms with Crippen molar-refractivity contribution in [1.29, 1.82) is 0 Å². The smallest absolute Gasteiger partial charge is 0.310 e. The number of fused-ring (bicyclic) bond motifs is 1. The van der Waals surface area contributed by atoms with Crippen molar-refractivity contribution in [3.8, 4) is 0 Å². The second kappa shape index (κ2) is 9.40. The molecule has 9 heteroatoms. The summed E-state index contributed by atoms with van der Waals surface area (Å²) in [5, 5.41) is 0. The Balaban J connectivity index is 1.52. The lowest BCUT2D eigenvalue weighted by molar-refractivity contribution is -0.144. The predicted octanol–water partition coefficient (Wildman–Crippen LogP) is 2.67. The van der Waals surface area contributed by atoms with Crippen molar-refractivity contribution < 1.29 is 22.7 Å². The van der Waals surface area contributed by atoms with E-state index in [0.717, 1.165) is 16.6 Å². The number of benzene rings is 2. The summed E-state index contributed by atoms with van der Waals surface area (Å²) < 4.78 is 40.0. The second-order valence-electron chi connectivity index (χ2n) is 7.76. The van der Waals surface area contributed by atoms with Gasteiger partial charge < -0.3 is 14.0 Å². The zero-order valence-corrected chi connectivity index (χ0v) is 19.1. The minimum atomic E-state index is -3.61. The Labute approximate surface area is 187 Å². The molecule has 0 amide bonds. The van der Waals surface area contributed by atoms with Crippen molar-refractivity contribution >= 4 is 27.0 Å². The Kier molecular flexibility index (Phi) is 6.59. The largest absolute Gasteiger partial charge is 0.457 e. The Morgan fingerprint density at radius 3 is 2.53 bits per heavy atom. The molecule has 0 atom stereocenters. The molecule has 3 aromatic rings. The Morgan fingerprint density at radius 2 is 1.84 bits per heavy atom. The maximum atomic E-state index is 13.0. The highest BCUT2D eigenvalue weighted by atomic mass is 32.2. The number of aromatic nitrogens is 2. The molecule has 32 heavy (non-hydrogen) atoms. The molecule has 0 unspecified atom stereocenters. The number of morpholine rings is 1. The van der Waals surface area contributed by atoms with E-state index in [1.165, 1.54) is 4.31 Å². The van der Waals surface area contributed by atoms with Gasteiger partial charge in [-0.15, -0.1) is 0 Å². The van der Waals surface area contributed by atoms with E-state index in [1.807, 2.05) is 42.7 Å². The molecule has 1 fully saturated rings. The van der Waals surface area contributed by atoms with E-state index in [4.69, 9.17) is 9.47 Å². The van der Waals surface area contributed by atoms with Gasteiger partial charge in [0.1, 0.15) is 12.4 Å². The summed E-state index contributed by atoms with van der Waals surface area (Å²) in [4.78, 5) is 17.1. The van der Waals surface area contributed by atoms with Crippen LogP contribution in [0.3, 0.4) is 0 Å². The zero-order valence-electron chi connectivity index (χ0n) is 18.3. The summed E-state index contributed by atoms with van der Waals surface area (Å²) in [5.74, 6) is 0.250. The molecule has 1 aromatic heterocycles. The van der Waals surface area contributed by atoms with Gasteiger partial charge in [-0.3, -0.25) is 4.79 Å². The summed E-state index contributed by atoms with van der Waals surface area (Å²) in [7, 11) is -3.61. The monoisotopic (exact) mass is 457 g/mol. The highest BCUT2D eigenvalue weighted by molar-refractivity contribution is 7.89. The number of hydrogen-bond acceptors (Lipinski definition) is 6. The SMILES string of the molecule is CCn1c(COC(=O)Cc2ccc(C)cc2)nc2cc(S(=O)(=O)N3CCOCC3)ccc21. The fraction of sp³-hybridized carbons (Fsp3) is 0.391. The molecule has 1 aliphatic heterocycles. The Morgan fingerprint density at radius 1 is 1.12 bits per heavy atom. The van der Waals surface area contributed by atoms with Crippen LogP contribution in [0.25, 0.3) is 11.0 Å². The molecule has 0 bridgehead atoms. The second-order valence-corrected chi connectivity index (χ2v) is 9.70.